The van der Waals surface area contributed by atoms with Crippen LogP contribution in [0.5, 0.6) is 0 Å². The van der Waals surface area contributed by atoms with E-state index in [1.807, 2.05) is 23.1 Å². The first-order valence-corrected chi connectivity index (χ1v) is 18.7. The maximum atomic E-state index is 14.8. The molecule has 0 unspecified atom stereocenters. The number of unbranched alkanes of at least 4 members (excludes halogenated alkanes) is 1. The number of carboxylic acids is 2. The van der Waals surface area contributed by atoms with Crippen molar-refractivity contribution < 1.29 is 43.4 Å². The molecule has 3 aliphatic rings. The molecule has 0 bridgehead atoms. The summed E-state index contributed by atoms with van der Waals surface area (Å²) in [6.07, 6.45) is 3.55. The van der Waals surface area contributed by atoms with Crippen molar-refractivity contribution >= 4 is 58.2 Å². The number of aliphatic carboxylic acids is 1. The summed E-state index contributed by atoms with van der Waals surface area (Å²) in [6, 6.07) is 13.8. The number of carboxylic acid groups (broad SMARTS) is 2. The highest BCUT2D eigenvalue weighted by molar-refractivity contribution is 6.31. The van der Waals surface area contributed by atoms with Crippen LogP contribution in [0, 0.1) is 5.82 Å². The van der Waals surface area contributed by atoms with Crippen molar-refractivity contribution in [1.82, 2.24) is 15.1 Å². The second kappa shape index (κ2) is 17.9. The van der Waals surface area contributed by atoms with Gasteiger partial charge >= 0.3 is 11.9 Å². The van der Waals surface area contributed by atoms with Crippen LogP contribution in [0.25, 0.3) is 5.57 Å². The molecular weight excluding hydrogens is 747 g/mol. The minimum absolute atomic E-state index is 0.0343. The number of nitrogens with one attached hydrogen (secondary N) is 2. The number of amides is 3. The Morgan fingerprint density at radius 2 is 1.73 bits per heavy atom. The summed E-state index contributed by atoms with van der Waals surface area (Å²) in [5.41, 5.74) is 9.79. The van der Waals surface area contributed by atoms with Crippen molar-refractivity contribution in [3.8, 4) is 0 Å². The van der Waals surface area contributed by atoms with Crippen molar-refractivity contribution in [2.45, 2.75) is 56.7 Å². The normalized spacial score (nSPS) is 18.5. The first-order chi connectivity index (χ1) is 26.9. The number of nitrogens with zero attached hydrogens (tertiary/aromatic N) is 3. The molecule has 6 N–H and O–H groups in total. The maximum Gasteiger partial charge on any atom is 0.335 e. The van der Waals surface area contributed by atoms with Gasteiger partial charge in [-0.25, -0.2) is 9.18 Å². The van der Waals surface area contributed by atoms with Crippen molar-refractivity contribution in [1.29, 1.82) is 0 Å². The molecule has 0 aromatic heterocycles. The topological polar surface area (TPSA) is 204 Å². The van der Waals surface area contributed by atoms with Crippen molar-refractivity contribution in [3.63, 3.8) is 0 Å². The molecular formula is C40H42ClFN6O8. The van der Waals surface area contributed by atoms with Crippen LogP contribution in [0.3, 0.4) is 0 Å². The minimum Gasteiger partial charge on any atom is -0.480 e. The number of fused-ring (bicyclic) bond motifs is 1. The van der Waals surface area contributed by atoms with Crippen LogP contribution in [-0.4, -0.2) is 100 Å². The zero-order chi connectivity index (χ0) is 39.9. The Morgan fingerprint density at radius 1 is 0.982 bits per heavy atom. The first-order valence-electron chi connectivity index (χ1n) is 18.3. The van der Waals surface area contributed by atoms with E-state index >= 15 is 0 Å². The van der Waals surface area contributed by atoms with Crippen LogP contribution in [-0.2, 0) is 30.4 Å². The first kappa shape index (κ1) is 40.0. The van der Waals surface area contributed by atoms with E-state index in [0.29, 0.717) is 63.0 Å². The molecule has 0 radical (unpaired) electrons. The summed E-state index contributed by atoms with van der Waals surface area (Å²) in [5, 5.41) is 27.9. The summed E-state index contributed by atoms with van der Waals surface area (Å²) in [6.45, 7) is 1.94. The van der Waals surface area contributed by atoms with E-state index < -0.39 is 47.8 Å². The number of rotatable bonds is 14. The molecule has 3 aromatic rings. The molecule has 16 heteroatoms. The van der Waals surface area contributed by atoms with Gasteiger partial charge in [0.25, 0.3) is 11.8 Å². The number of oxime groups is 1. The Bertz CT molecular complexity index is 2080. The quantitative estimate of drug-likeness (QED) is 0.147. The number of halogens is 2. The molecule has 6 rings (SSSR count). The fourth-order valence-electron chi connectivity index (χ4n) is 7.18. The molecule has 0 saturated heterocycles. The van der Waals surface area contributed by atoms with Gasteiger partial charge in [0.05, 0.1) is 22.8 Å². The number of hydrogen-bond donors (Lipinski definition) is 5. The van der Waals surface area contributed by atoms with Gasteiger partial charge < -0.3 is 36.3 Å². The van der Waals surface area contributed by atoms with E-state index in [1.165, 1.54) is 41.3 Å². The smallest absolute Gasteiger partial charge is 0.335 e. The van der Waals surface area contributed by atoms with Crippen molar-refractivity contribution in [2.24, 2.45) is 10.9 Å². The lowest BCUT2D eigenvalue weighted by molar-refractivity contribution is -0.148. The Balaban J connectivity index is 1.17. The molecule has 3 heterocycles. The Kier molecular flexibility index (Phi) is 12.8. The third-order valence-electron chi connectivity index (χ3n) is 10.1. The highest BCUT2D eigenvalue weighted by Crippen LogP contribution is 2.38. The molecule has 0 fully saturated rings. The molecule has 294 valence electrons. The molecule has 3 atom stereocenters. The van der Waals surface area contributed by atoms with Crippen LogP contribution in [0.2, 0.25) is 5.02 Å². The number of nitrogens with two attached hydrogens (primary N) is 1. The third-order valence-corrected chi connectivity index (χ3v) is 10.4. The Hall–Kier alpha value is -5.64. The van der Waals surface area contributed by atoms with E-state index in [1.54, 1.807) is 6.07 Å². The number of carbonyl (C=O) groups is 5. The van der Waals surface area contributed by atoms with E-state index in [2.05, 4.69) is 21.9 Å². The number of anilines is 1. The van der Waals surface area contributed by atoms with E-state index in [4.69, 9.17) is 27.3 Å². The van der Waals surface area contributed by atoms with Gasteiger partial charge in [-0.15, -0.1) is 0 Å². The van der Waals surface area contributed by atoms with Crippen LogP contribution in [0.1, 0.15) is 70.8 Å². The second-order valence-corrected chi connectivity index (χ2v) is 14.3. The summed E-state index contributed by atoms with van der Waals surface area (Å²) < 4.78 is 14.8. The molecule has 3 amide bonds. The Morgan fingerprint density at radius 3 is 2.45 bits per heavy atom. The molecule has 3 aromatic carbocycles. The molecule has 0 aliphatic carbocycles. The summed E-state index contributed by atoms with van der Waals surface area (Å²) in [5.74, 6) is -3.97. The van der Waals surface area contributed by atoms with Gasteiger partial charge in [0.1, 0.15) is 12.1 Å². The van der Waals surface area contributed by atoms with Gasteiger partial charge in [0.2, 0.25) is 12.0 Å². The number of aromatic carboxylic acids is 1. The van der Waals surface area contributed by atoms with E-state index in [9.17, 15) is 33.5 Å². The predicted octanol–water partition coefficient (Wildman–Crippen LogP) is 4.22. The van der Waals surface area contributed by atoms with Crippen molar-refractivity contribution in [2.75, 3.05) is 38.0 Å². The molecule has 0 spiro atoms. The molecule has 14 nitrogen and oxygen atoms in total. The highest BCUT2D eigenvalue weighted by atomic mass is 35.5. The summed E-state index contributed by atoms with van der Waals surface area (Å²) in [4.78, 5) is 72.3. The SMILES string of the molecule is N[C@@H](CCCCNC(=O)CN1CC=C(c2cccc3c2CCN(C(=O)[C@H]2CC(c4cccc(Cl)c4F)=NO2)[C@@H]3C(=O)Nc2ccc(C(=O)O)cc2)CC1)C(=O)O. The lowest BCUT2D eigenvalue weighted by atomic mass is 9.84. The molecule has 56 heavy (non-hydrogen) atoms. The Labute approximate surface area is 327 Å². The summed E-state index contributed by atoms with van der Waals surface area (Å²) in [7, 11) is 0. The fourth-order valence-corrected chi connectivity index (χ4v) is 7.35. The lowest BCUT2D eigenvalue weighted by Crippen LogP contribution is -2.49. The van der Waals surface area contributed by atoms with Crippen LogP contribution >= 0.6 is 11.6 Å². The zero-order valence-electron chi connectivity index (χ0n) is 30.4. The van der Waals surface area contributed by atoms with Gasteiger partial charge in [-0.1, -0.05) is 47.1 Å². The lowest BCUT2D eigenvalue weighted by Gasteiger charge is -2.38. The highest BCUT2D eigenvalue weighted by Gasteiger charge is 2.42. The van der Waals surface area contributed by atoms with Gasteiger partial charge in [-0.3, -0.25) is 24.1 Å². The average Bonchev–Trinajstić information content (AvgIpc) is 3.68. The van der Waals surface area contributed by atoms with Crippen LogP contribution in [0.4, 0.5) is 10.1 Å². The summed E-state index contributed by atoms with van der Waals surface area (Å²) >= 11 is 5.98. The third kappa shape index (κ3) is 9.24. The fraction of sp³-hybridized carbons (Fsp3) is 0.350. The zero-order valence-corrected chi connectivity index (χ0v) is 31.1. The van der Waals surface area contributed by atoms with Gasteiger partial charge in [-0.05, 0) is 90.8 Å². The van der Waals surface area contributed by atoms with Crippen LogP contribution < -0.4 is 16.4 Å². The van der Waals surface area contributed by atoms with Crippen LogP contribution in [0.15, 0.2) is 71.9 Å². The van der Waals surface area contributed by atoms with E-state index in [-0.39, 0.29) is 47.3 Å². The van der Waals surface area contributed by atoms with E-state index in [0.717, 1.165) is 16.7 Å². The number of hydrogen-bond acceptors (Lipinski definition) is 9. The van der Waals surface area contributed by atoms with Gasteiger partial charge in [-0.2, -0.15) is 0 Å². The van der Waals surface area contributed by atoms with Crippen molar-refractivity contribution in [3.05, 3.63) is 105 Å². The second-order valence-electron chi connectivity index (χ2n) is 13.9. The van der Waals surface area contributed by atoms with Gasteiger partial charge in [0.15, 0.2) is 5.82 Å². The molecule has 0 saturated carbocycles. The largest absolute Gasteiger partial charge is 0.480 e. The number of benzene rings is 3. The standard InChI is InChI=1S/C40H42ClFN6O8/c41-30-8-4-7-29(35(30)42)32-21-33(56-46-32)38(51)48-20-16-27-26(5-3-6-28(27)36(48)37(50)45-25-12-10-24(11-13-25)39(52)53)23-14-18-47(19-15-23)22-34(49)44-17-2-1-9-31(43)40(54)55/h3-8,10-14,31,33,36H,1-2,9,15-22,43H2,(H,44,49)(H,45,50)(H,52,53)(H,54,55)/t31-,33+,36-/m0/s1. The van der Waals surface area contributed by atoms with Gasteiger partial charge in [0, 0.05) is 43.9 Å². The molecule has 3 aliphatic heterocycles. The number of carbonyl (C=O) groups excluding carboxylic acids is 3. The predicted molar refractivity (Wildman–Crippen MR) is 206 cm³/mol. The maximum absolute atomic E-state index is 14.8. The monoisotopic (exact) mass is 788 g/mol. The minimum atomic E-state index is -1.11. The average molecular weight is 789 g/mol.